The number of rotatable bonds is 1. The van der Waals surface area contributed by atoms with Crippen molar-refractivity contribution in [3.63, 3.8) is 0 Å². The molecule has 94 valence electrons. The lowest BCUT2D eigenvalue weighted by Gasteiger charge is -2.04. The van der Waals surface area contributed by atoms with Crippen molar-refractivity contribution in [2.45, 2.75) is 25.8 Å². The van der Waals surface area contributed by atoms with Crippen LogP contribution in [0.5, 0.6) is 0 Å². The lowest BCUT2D eigenvalue weighted by Crippen LogP contribution is -2.43. The van der Waals surface area contributed by atoms with Crippen LogP contribution in [0.2, 0.25) is 10.0 Å². The number of halogens is 2. The molecule has 0 amide bonds. The van der Waals surface area contributed by atoms with Crippen molar-refractivity contribution in [3.8, 4) is 5.69 Å². The van der Waals surface area contributed by atoms with Crippen molar-refractivity contribution in [3.05, 3.63) is 44.3 Å². The topological polar surface area (TPSA) is 41.7 Å². The Morgan fingerprint density at radius 1 is 1.22 bits per heavy atom. The van der Waals surface area contributed by atoms with Gasteiger partial charge >= 0.3 is 5.56 Å². The summed E-state index contributed by atoms with van der Waals surface area (Å²) in [4.78, 5) is 12.2. The van der Waals surface area contributed by atoms with E-state index in [4.69, 9.17) is 23.2 Å². The molecule has 0 atom stereocenters. The summed E-state index contributed by atoms with van der Waals surface area (Å²) in [5.74, 6) is 0. The van der Waals surface area contributed by atoms with E-state index in [0.717, 1.165) is 31.5 Å². The second-order valence-electron chi connectivity index (χ2n) is 4.39. The van der Waals surface area contributed by atoms with Crippen molar-refractivity contribution >= 4 is 23.2 Å². The predicted octanol–water partition coefficient (Wildman–Crippen LogP) is 2.10. The Bertz CT molecular complexity index is 660. The predicted molar refractivity (Wildman–Crippen MR) is 69.5 cm³/mol. The standard InChI is InChI=1S/C12H11Cl2N3O/c13-9-5-4-8(7-10(9)14)17-12(18)11-3-1-2-6-16(11)15-17/h4-5,7H,1-3,6H2/p+1. The zero-order chi connectivity index (χ0) is 12.7. The monoisotopic (exact) mass is 284 g/mol. The van der Waals surface area contributed by atoms with Gasteiger partial charge in [0.05, 0.1) is 10.0 Å². The van der Waals surface area contributed by atoms with Gasteiger partial charge in [0.2, 0.25) is 5.69 Å². The fraction of sp³-hybridized carbons (Fsp3) is 0.333. The van der Waals surface area contributed by atoms with Crippen LogP contribution in [0.25, 0.3) is 5.69 Å². The third-order valence-electron chi connectivity index (χ3n) is 3.20. The highest BCUT2D eigenvalue weighted by molar-refractivity contribution is 6.42. The fourth-order valence-electron chi connectivity index (χ4n) is 2.26. The van der Waals surface area contributed by atoms with E-state index in [-0.39, 0.29) is 5.56 Å². The molecule has 3 rings (SSSR count). The summed E-state index contributed by atoms with van der Waals surface area (Å²) < 4.78 is 3.43. The SMILES string of the molecule is O=c1c2[n+]([nH]n1-c1ccc(Cl)c(Cl)c1)CCCC2. The second-order valence-corrected chi connectivity index (χ2v) is 5.21. The van der Waals surface area contributed by atoms with Gasteiger partial charge in [-0.15, -0.1) is 0 Å². The van der Waals surface area contributed by atoms with E-state index in [1.165, 1.54) is 4.68 Å². The first-order chi connectivity index (χ1) is 8.66. The van der Waals surface area contributed by atoms with Gasteiger partial charge in [-0.1, -0.05) is 33.1 Å². The highest BCUT2D eigenvalue weighted by atomic mass is 35.5. The number of aromatic nitrogens is 3. The first-order valence-corrected chi connectivity index (χ1v) is 6.61. The molecule has 1 aliphatic rings. The number of hydrogen-bond acceptors (Lipinski definition) is 1. The van der Waals surface area contributed by atoms with Crippen LogP contribution in [0.4, 0.5) is 0 Å². The Morgan fingerprint density at radius 3 is 2.78 bits per heavy atom. The van der Waals surface area contributed by atoms with E-state index in [9.17, 15) is 4.79 Å². The minimum Gasteiger partial charge on any atom is -0.234 e. The number of nitrogens with one attached hydrogen (secondary N) is 1. The van der Waals surface area contributed by atoms with Gasteiger partial charge in [-0.05, 0) is 25.0 Å². The molecule has 4 nitrogen and oxygen atoms in total. The van der Waals surface area contributed by atoms with Crippen molar-refractivity contribution in [1.29, 1.82) is 0 Å². The summed E-state index contributed by atoms with van der Waals surface area (Å²) in [6.45, 7) is 0.860. The van der Waals surface area contributed by atoms with Crippen LogP contribution < -0.4 is 10.2 Å². The van der Waals surface area contributed by atoms with Gasteiger partial charge in [-0.25, -0.2) is 4.79 Å². The van der Waals surface area contributed by atoms with Crippen molar-refractivity contribution in [1.82, 2.24) is 9.90 Å². The van der Waals surface area contributed by atoms with Gasteiger partial charge in [0.15, 0.2) is 5.69 Å². The Kier molecular flexibility index (Phi) is 2.92. The smallest absolute Gasteiger partial charge is 0.234 e. The first-order valence-electron chi connectivity index (χ1n) is 5.86. The van der Waals surface area contributed by atoms with Gasteiger partial charge in [-0.3, -0.25) is 0 Å². The Labute approximate surface area is 114 Å². The maximum atomic E-state index is 12.2. The van der Waals surface area contributed by atoms with E-state index >= 15 is 0 Å². The van der Waals surface area contributed by atoms with Crippen LogP contribution >= 0.6 is 23.2 Å². The molecule has 1 aromatic heterocycles. The summed E-state index contributed by atoms with van der Waals surface area (Å²) in [6.07, 6.45) is 2.98. The lowest BCUT2D eigenvalue weighted by molar-refractivity contribution is -0.765. The summed E-state index contributed by atoms with van der Waals surface area (Å²) in [6, 6.07) is 5.15. The Hall–Kier alpha value is -1.26. The zero-order valence-electron chi connectivity index (χ0n) is 9.62. The fourth-order valence-corrected chi connectivity index (χ4v) is 2.55. The number of aryl methyl sites for hydroxylation is 1. The minimum absolute atomic E-state index is 0.00640. The molecule has 0 aliphatic carbocycles. The molecular formula is C12H12Cl2N3O+. The molecule has 0 unspecified atom stereocenters. The third kappa shape index (κ3) is 1.85. The van der Waals surface area contributed by atoms with Gasteiger partial charge < -0.3 is 0 Å². The molecule has 0 fully saturated rings. The summed E-state index contributed by atoms with van der Waals surface area (Å²) >= 11 is 11.8. The number of nitrogens with zero attached hydrogens (tertiary/aromatic N) is 2. The molecule has 0 saturated heterocycles. The maximum absolute atomic E-state index is 12.2. The largest absolute Gasteiger partial charge is 0.401 e. The molecule has 0 radical (unpaired) electrons. The van der Waals surface area contributed by atoms with Crippen LogP contribution in [0.3, 0.4) is 0 Å². The number of hydrogen-bond donors (Lipinski definition) is 1. The van der Waals surface area contributed by atoms with E-state index < -0.39 is 0 Å². The minimum atomic E-state index is -0.00640. The van der Waals surface area contributed by atoms with E-state index in [2.05, 4.69) is 5.21 Å². The van der Waals surface area contributed by atoms with Crippen molar-refractivity contribution in [2.24, 2.45) is 0 Å². The number of benzene rings is 1. The van der Waals surface area contributed by atoms with Gasteiger partial charge in [0.25, 0.3) is 0 Å². The molecule has 2 aromatic rings. The normalized spacial score (nSPS) is 14.6. The molecule has 1 N–H and O–H groups in total. The number of H-pyrrole nitrogens is 1. The van der Waals surface area contributed by atoms with Crippen LogP contribution in [-0.4, -0.2) is 9.90 Å². The van der Waals surface area contributed by atoms with E-state index in [1.807, 2.05) is 4.68 Å². The summed E-state index contributed by atoms with van der Waals surface area (Å²) in [5, 5.41) is 4.01. The average molecular weight is 285 g/mol. The molecule has 1 aromatic carbocycles. The van der Waals surface area contributed by atoms with Crippen molar-refractivity contribution < 1.29 is 4.68 Å². The van der Waals surface area contributed by atoms with Crippen LogP contribution in [0.1, 0.15) is 18.5 Å². The molecular weight excluding hydrogens is 273 g/mol. The second kappa shape index (κ2) is 4.44. The molecule has 0 spiro atoms. The molecule has 0 bridgehead atoms. The Balaban J connectivity index is 2.14. The quantitative estimate of drug-likeness (QED) is 0.801. The number of aromatic amines is 1. The molecule has 0 saturated carbocycles. The highest BCUT2D eigenvalue weighted by Gasteiger charge is 2.25. The zero-order valence-corrected chi connectivity index (χ0v) is 11.1. The molecule has 1 aliphatic heterocycles. The van der Waals surface area contributed by atoms with Crippen molar-refractivity contribution in [2.75, 3.05) is 0 Å². The lowest BCUT2D eigenvalue weighted by atomic mass is 10.1. The van der Waals surface area contributed by atoms with Crippen LogP contribution in [0.15, 0.2) is 23.0 Å². The van der Waals surface area contributed by atoms with Gasteiger partial charge in [-0.2, -0.15) is 4.68 Å². The third-order valence-corrected chi connectivity index (χ3v) is 3.94. The number of fused-ring (bicyclic) bond motifs is 1. The molecule has 6 heteroatoms. The van der Waals surface area contributed by atoms with Gasteiger partial charge in [0, 0.05) is 12.5 Å². The first kappa shape index (κ1) is 11.8. The van der Waals surface area contributed by atoms with E-state index in [0.29, 0.717) is 15.7 Å². The molecule has 18 heavy (non-hydrogen) atoms. The highest BCUT2D eigenvalue weighted by Crippen LogP contribution is 2.23. The summed E-state index contributed by atoms with van der Waals surface area (Å²) in [7, 11) is 0. The van der Waals surface area contributed by atoms with Crippen LogP contribution in [-0.2, 0) is 13.0 Å². The molecule has 2 heterocycles. The van der Waals surface area contributed by atoms with Gasteiger partial charge in [0.1, 0.15) is 6.54 Å². The summed E-state index contributed by atoms with van der Waals surface area (Å²) in [5.41, 5.74) is 1.52. The Morgan fingerprint density at radius 2 is 2.06 bits per heavy atom. The van der Waals surface area contributed by atoms with Crippen LogP contribution in [0, 0.1) is 0 Å². The maximum Gasteiger partial charge on any atom is 0.401 e. The van der Waals surface area contributed by atoms with E-state index in [1.54, 1.807) is 18.2 Å². The average Bonchev–Trinajstić information content (AvgIpc) is 2.71.